The summed E-state index contributed by atoms with van der Waals surface area (Å²) in [5.41, 5.74) is 4.12. The molecule has 3 rings (SSSR count). The number of para-hydroxylation sites is 1. The van der Waals surface area contributed by atoms with E-state index in [9.17, 15) is 67.1 Å². The van der Waals surface area contributed by atoms with Crippen molar-refractivity contribution in [2.75, 3.05) is 39.4 Å². The summed E-state index contributed by atoms with van der Waals surface area (Å²) in [5, 5.41) is 35.6. The second-order valence-corrected chi connectivity index (χ2v) is 31.0. The highest BCUT2D eigenvalue weighted by Crippen LogP contribution is 2.22. The molecule has 1 aliphatic rings. The van der Waals surface area contributed by atoms with E-state index in [4.69, 9.17) is 29.8 Å². The lowest BCUT2D eigenvalue weighted by Crippen LogP contribution is -2.60. The molecule has 1 fully saturated rings. The van der Waals surface area contributed by atoms with Crippen molar-refractivity contribution >= 4 is 93.8 Å². The van der Waals surface area contributed by atoms with Crippen LogP contribution >= 0.6 is 0 Å². The van der Waals surface area contributed by atoms with Crippen LogP contribution in [0.1, 0.15) is 182 Å². The number of H-pyrrole nitrogens is 1. The lowest BCUT2D eigenvalue weighted by molar-refractivity contribution is -0.156. The number of nitrogens with one attached hydrogen (secondary N) is 11. The van der Waals surface area contributed by atoms with Crippen LogP contribution in [0.4, 0.5) is 0 Å². The first-order valence-corrected chi connectivity index (χ1v) is 35.1. The number of benzene rings is 1. The Morgan fingerprint density at radius 2 is 0.951 bits per heavy atom. The van der Waals surface area contributed by atoms with Crippen molar-refractivity contribution in [2.24, 2.45) is 23.5 Å². The standard InChI is InChI=1S/C71H115N13O19/c1-39(2)30-47(79-63(95)48(31-40(3)4)80-64(96)49(32-42-33-73-44-23-20-19-22-43(42)44)81-61(93)46(78-67(99)58(72)41(5)6)26-28-57(90)103-71(16,17)18)62(94)77-45(25-27-56(89)102-70(13,14)15)59(91)75-34-53(85)74-35-54(86)84-29-21-24-52(84)66(98)83-51(38-101-69(10,11)12)65(97)82-50(37-100-68(7,8)9)60(92)76-36-55(87)88/h19-20,22-23,33,39-41,45-52,58,73H,21,24-32,34-38,72H2,1-18H3,(H,74,85)(H,75,91)(H,76,92)(H,77,94)(H,78,99)(H,79,95)(H,80,96)(H,81,93)(H,82,97)(H,83,98)(H,87,88)/t45-,46-,47-,48-,49-,50-,51-,52-,58-/m0/s1. The fraction of sp³-hybridized carbons (Fsp3) is 0.690. The number of hydrogen-bond donors (Lipinski definition) is 13. The Bertz CT molecular complexity index is 3270. The molecule has 0 bridgehead atoms. The zero-order chi connectivity index (χ0) is 78.1. The zero-order valence-electron chi connectivity index (χ0n) is 63.2. The molecule has 14 N–H and O–H groups in total. The lowest BCUT2D eigenvalue weighted by Gasteiger charge is -2.30. The molecule has 1 aromatic heterocycles. The number of ether oxygens (including phenoxy) is 4. The normalized spacial score (nSPS) is 15.8. The van der Waals surface area contributed by atoms with Gasteiger partial charge in [0.2, 0.25) is 65.0 Å². The summed E-state index contributed by atoms with van der Waals surface area (Å²) in [7, 11) is 0. The number of nitrogens with zero attached hydrogens (tertiary/aromatic N) is 1. The second-order valence-electron chi connectivity index (χ2n) is 31.0. The molecule has 11 amide bonds. The molecule has 0 saturated carbocycles. The summed E-state index contributed by atoms with van der Waals surface area (Å²) < 4.78 is 22.6. The first kappa shape index (κ1) is 88.4. The Labute approximate surface area is 603 Å². The van der Waals surface area contributed by atoms with Crippen LogP contribution in [0, 0.1) is 17.8 Å². The molecule has 32 nitrogen and oxygen atoms in total. The van der Waals surface area contributed by atoms with Gasteiger partial charge in [0.1, 0.15) is 66.1 Å². The molecule has 0 radical (unpaired) electrons. The molecule has 0 spiro atoms. The average molecular weight is 1450 g/mol. The highest BCUT2D eigenvalue weighted by atomic mass is 16.6. The van der Waals surface area contributed by atoms with Crippen LogP contribution in [0.5, 0.6) is 0 Å². The zero-order valence-corrected chi connectivity index (χ0v) is 63.2. The van der Waals surface area contributed by atoms with E-state index in [2.05, 4.69) is 58.2 Å². The lowest BCUT2D eigenvalue weighted by atomic mass is 9.98. The van der Waals surface area contributed by atoms with E-state index in [1.807, 2.05) is 18.2 Å². The van der Waals surface area contributed by atoms with Gasteiger partial charge in [0, 0.05) is 42.9 Å². The minimum absolute atomic E-state index is 0.0131. The topological polar surface area (TPSA) is 461 Å². The van der Waals surface area contributed by atoms with Gasteiger partial charge in [-0.25, -0.2) is 0 Å². The molecule has 578 valence electrons. The van der Waals surface area contributed by atoms with E-state index in [-0.39, 0.29) is 82.5 Å². The van der Waals surface area contributed by atoms with Crippen molar-refractivity contribution in [1.82, 2.24) is 63.1 Å². The summed E-state index contributed by atoms with van der Waals surface area (Å²) in [6, 6.07) is -4.87. The van der Waals surface area contributed by atoms with Crippen molar-refractivity contribution in [2.45, 2.75) is 259 Å². The van der Waals surface area contributed by atoms with Crippen molar-refractivity contribution < 1.29 is 91.2 Å². The molecule has 2 aromatic rings. The Hall–Kier alpha value is -8.78. The quantitative estimate of drug-likeness (QED) is 0.0422. The summed E-state index contributed by atoms with van der Waals surface area (Å²) in [5.74, 6) is -12.7. The van der Waals surface area contributed by atoms with Crippen LogP contribution in [0.15, 0.2) is 30.5 Å². The molecule has 1 saturated heterocycles. The fourth-order valence-electron chi connectivity index (χ4n) is 10.5. The third-order valence-electron chi connectivity index (χ3n) is 15.6. The third kappa shape index (κ3) is 33.5. The van der Waals surface area contributed by atoms with Crippen molar-refractivity contribution in [1.29, 1.82) is 0 Å². The SMILES string of the molecule is CC(C)C[C@H](NC(=O)[C@H](CC(C)C)NC(=O)[C@H](Cc1c[nH]c2ccccc12)NC(=O)[C@H](CCC(=O)OC(C)(C)C)NC(=O)[C@@H](N)C(C)C)C(=O)N[C@@H](CCC(=O)OC(C)(C)C)C(=O)NCC(=O)NCC(=O)N1CCC[C@H]1C(=O)N[C@@H](COC(C)(C)C)C(=O)N[C@@H](COC(C)(C)C)C(=O)NCC(=O)O. The van der Waals surface area contributed by atoms with Crippen LogP contribution in [-0.2, 0) is 92.5 Å². The van der Waals surface area contributed by atoms with Gasteiger partial charge in [-0.2, -0.15) is 0 Å². The predicted molar refractivity (Wildman–Crippen MR) is 380 cm³/mol. The number of carbonyl (C=O) groups excluding carboxylic acids is 13. The van der Waals surface area contributed by atoms with E-state index >= 15 is 0 Å². The number of amides is 11. The number of aromatic amines is 1. The smallest absolute Gasteiger partial charge is 0.322 e. The van der Waals surface area contributed by atoms with Crippen molar-refractivity contribution in [3.05, 3.63) is 36.0 Å². The average Bonchev–Trinajstić information content (AvgIpc) is 1.73. The number of aliphatic carboxylic acids is 1. The summed E-state index contributed by atoms with van der Waals surface area (Å²) in [6.07, 6.45) is 0.726. The number of carboxylic acids is 1. The Balaban J connectivity index is 1.88. The summed E-state index contributed by atoms with van der Waals surface area (Å²) in [4.78, 5) is 196. The molecule has 1 aliphatic heterocycles. The largest absolute Gasteiger partial charge is 0.480 e. The Kier molecular flexibility index (Phi) is 34.6. The van der Waals surface area contributed by atoms with Gasteiger partial charge in [0.25, 0.3) is 0 Å². The number of fused-ring (bicyclic) bond motifs is 1. The third-order valence-corrected chi connectivity index (χ3v) is 15.6. The molecule has 1 aromatic carbocycles. The Morgan fingerprint density at radius 3 is 1.45 bits per heavy atom. The number of carboxylic acid groups (broad SMARTS) is 1. The minimum Gasteiger partial charge on any atom is -0.480 e. The van der Waals surface area contributed by atoms with E-state index < -0.39 is 186 Å². The molecule has 0 aliphatic carbocycles. The monoisotopic (exact) mass is 1450 g/mol. The van der Waals surface area contributed by atoms with Gasteiger partial charge in [0.15, 0.2) is 0 Å². The van der Waals surface area contributed by atoms with Crippen LogP contribution in [-0.4, -0.2) is 214 Å². The van der Waals surface area contributed by atoms with Gasteiger partial charge in [-0.1, -0.05) is 59.7 Å². The van der Waals surface area contributed by atoms with E-state index in [0.717, 1.165) is 10.9 Å². The van der Waals surface area contributed by atoms with Gasteiger partial charge >= 0.3 is 17.9 Å². The molecule has 103 heavy (non-hydrogen) atoms. The van der Waals surface area contributed by atoms with Gasteiger partial charge in [0.05, 0.1) is 43.5 Å². The molecule has 32 heteroatoms. The van der Waals surface area contributed by atoms with Crippen LogP contribution in [0.2, 0.25) is 0 Å². The van der Waals surface area contributed by atoms with Crippen molar-refractivity contribution in [3.63, 3.8) is 0 Å². The predicted octanol–water partition coefficient (Wildman–Crippen LogP) is 1.48. The van der Waals surface area contributed by atoms with E-state index in [1.165, 1.54) is 4.90 Å². The van der Waals surface area contributed by atoms with Crippen LogP contribution in [0.3, 0.4) is 0 Å². The Morgan fingerprint density at radius 1 is 0.524 bits per heavy atom. The minimum atomic E-state index is -1.54. The summed E-state index contributed by atoms with van der Waals surface area (Å²) >= 11 is 0. The maximum atomic E-state index is 14.8. The maximum absolute atomic E-state index is 14.8. The van der Waals surface area contributed by atoms with E-state index in [1.54, 1.807) is 137 Å². The second kappa shape index (κ2) is 40.3. The molecule has 2 heterocycles. The fourth-order valence-corrected chi connectivity index (χ4v) is 10.5. The number of esters is 2. The van der Waals surface area contributed by atoms with Gasteiger partial charge in [-0.15, -0.1) is 0 Å². The number of hydrogen-bond acceptors (Lipinski definition) is 19. The highest BCUT2D eigenvalue weighted by molar-refractivity contribution is 5.99. The van der Waals surface area contributed by atoms with Gasteiger partial charge in [-0.05, 0) is 151 Å². The van der Waals surface area contributed by atoms with Crippen LogP contribution in [0.25, 0.3) is 10.9 Å². The van der Waals surface area contributed by atoms with Gasteiger partial charge < -0.3 is 92.8 Å². The molecular formula is C71H115N13O19. The number of carbonyl (C=O) groups is 14. The van der Waals surface area contributed by atoms with Crippen LogP contribution < -0.4 is 58.9 Å². The molecule has 0 unspecified atom stereocenters. The number of rotatable bonds is 39. The van der Waals surface area contributed by atoms with E-state index in [0.29, 0.717) is 12.0 Å². The number of nitrogens with two attached hydrogens (primary N) is 1. The first-order valence-electron chi connectivity index (χ1n) is 35.1. The first-order chi connectivity index (χ1) is 47.6. The number of likely N-dealkylation sites (tertiary alicyclic amines) is 1. The molecule has 9 atom stereocenters. The van der Waals surface area contributed by atoms with Gasteiger partial charge in [-0.3, -0.25) is 67.1 Å². The maximum Gasteiger partial charge on any atom is 0.322 e. The van der Waals surface area contributed by atoms with Crippen molar-refractivity contribution in [3.8, 4) is 0 Å². The summed E-state index contributed by atoms with van der Waals surface area (Å²) in [6.45, 7) is 27.9. The molecular weight excluding hydrogens is 1340 g/mol. The number of aromatic nitrogens is 1. The highest BCUT2D eigenvalue weighted by Gasteiger charge is 2.39.